The zero-order chi connectivity index (χ0) is 13.1. The molecule has 1 aromatic rings. The second kappa shape index (κ2) is 5.27. The van der Waals surface area contributed by atoms with Crippen LogP contribution in [0.15, 0.2) is 24.3 Å². The molecule has 0 spiro atoms. The number of rotatable bonds is 4. The number of methoxy groups -OCH3 is 1. The standard InChI is InChI=1S/C13H18FNO2/c1-9(10-6-5-7-11(14)8-10)15-13(2,3)12(16)17-4/h5-9,15H,1-4H3. The molecule has 1 rings (SSSR count). The molecule has 0 heterocycles. The molecule has 1 N–H and O–H groups in total. The Balaban J connectivity index is 2.79. The number of carbonyl (C=O) groups is 1. The van der Waals surface area contributed by atoms with Crippen LogP contribution in [0.25, 0.3) is 0 Å². The van der Waals surface area contributed by atoms with Gasteiger partial charge in [0.15, 0.2) is 0 Å². The van der Waals surface area contributed by atoms with Gasteiger partial charge in [-0.3, -0.25) is 10.1 Å². The van der Waals surface area contributed by atoms with Crippen LogP contribution in [0.2, 0.25) is 0 Å². The van der Waals surface area contributed by atoms with E-state index in [1.165, 1.54) is 19.2 Å². The third-order valence-electron chi connectivity index (χ3n) is 2.62. The maximum atomic E-state index is 13.1. The lowest BCUT2D eigenvalue weighted by atomic mass is 10.0. The molecule has 0 aliphatic carbocycles. The van der Waals surface area contributed by atoms with Gasteiger partial charge in [0.25, 0.3) is 0 Å². The van der Waals surface area contributed by atoms with E-state index in [0.29, 0.717) is 0 Å². The van der Waals surface area contributed by atoms with E-state index in [4.69, 9.17) is 4.74 Å². The van der Waals surface area contributed by atoms with Crippen LogP contribution in [0.1, 0.15) is 32.4 Å². The van der Waals surface area contributed by atoms with Crippen LogP contribution in [0.5, 0.6) is 0 Å². The fourth-order valence-electron chi connectivity index (χ4n) is 1.71. The first-order valence-corrected chi connectivity index (χ1v) is 5.48. The molecule has 0 saturated heterocycles. The second-order valence-electron chi connectivity index (χ2n) is 4.54. The van der Waals surface area contributed by atoms with Crippen molar-refractivity contribution < 1.29 is 13.9 Å². The zero-order valence-corrected chi connectivity index (χ0v) is 10.6. The Morgan fingerprint density at radius 1 is 1.47 bits per heavy atom. The molecule has 1 atom stereocenters. The van der Waals surface area contributed by atoms with E-state index in [2.05, 4.69) is 5.32 Å². The molecule has 0 amide bonds. The van der Waals surface area contributed by atoms with E-state index in [9.17, 15) is 9.18 Å². The molecule has 0 bridgehead atoms. The van der Waals surface area contributed by atoms with Crippen molar-refractivity contribution >= 4 is 5.97 Å². The quantitative estimate of drug-likeness (QED) is 0.820. The monoisotopic (exact) mass is 239 g/mol. The first kappa shape index (κ1) is 13.6. The molecule has 4 heteroatoms. The molecular weight excluding hydrogens is 221 g/mol. The third-order valence-corrected chi connectivity index (χ3v) is 2.62. The molecule has 0 aliphatic rings. The topological polar surface area (TPSA) is 38.3 Å². The van der Waals surface area contributed by atoms with Gasteiger partial charge >= 0.3 is 5.97 Å². The lowest BCUT2D eigenvalue weighted by Gasteiger charge is -2.27. The predicted octanol–water partition coefficient (Wildman–Crippen LogP) is 2.43. The van der Waals surface area contributed by atoms with Crippen LogP contribution in [-0.4, -0.2) is 18.6 Å². The fraction of sp³-hybridized carbons (Fsp3) is 0.462. The molecule has 0 aliphatic heterocycles. The molecule has 0 saturated carbocycles. The summed E-state index contributed by atoms with van der Waals surface area (Å²) in [6, 6.07) is 6.16. The van der Waals surface area contributed by atoms with Gasteiger partial charge in [0.1, 0.15) is 11.4 Å². The zero-order valence-electron chi connectivity index (χ0n) is 10.6. The maximum Gasteiger partial charge on any atom is 0.325 e. The number of nitrogens with one attached hydrogen (secondary N) is 1. The highest BCUT2D eigenvalue weighted by atomic mass is 19.1. The molecule has 94 valence electrons. The minimum Gasteiger partial charge on any atom is -0.468 e. The largest absolute Gasteiger partial charge is 0.468 e. The Hall–Kier alpha value is -1.42. The van der Waals surface area contributed by atoms with Crippen molar-refractivity contribution in [1.82, 2.24) is 5.32 Å². The van der Waals surface area contributed by atoms with Crippen LogP contribution in [0.3, 0.4) is 0 Å². The number of carbonyl (C=O) groups excluding carboxylic acids is 1. The highest BCUT2D eigenvalue weighted by molar-refractivity contribution is 5.79. The molecular formula is C13H18FNO2. The minimum absolute atomic E-state index is 0.139. The molecule has 0 radical (unpaired) electrons. The fourth-order valence-corrected chi connectivity index (χ4v) is 1.71. The van der Waals surface area contributed by atoms with Gasteiger partial charge < -0.3 is 4.74 Å². The average molecular weight is 239 g/mol. The van der Waals surface area contributed by atoms with Gasteiger partial charge in [-0.25, -0.2) is 4.39 Å². The van der Waals surface area contributed by atoms with Gasteiger partial charge in [-0.05, 0) is 38.5 Å². The number of ether oxygens (including phenoxy) is 1. The predicted molar refractivity (Wildman–Crippen MR) is 64.0 cm³/mol. The Labute approximate surface area is 101 Å². The first-order chi connectivity index (χ1) is 7.86. The van der Waals surface area contributed by atoms with E-state index in [1.54, 1.807) is 19.9 Å². The Kier molecular flexibility index (Phi) is 4.23. The molecule has 1 unspecified atom stereocenters. The van der Waals surface area contributed by atoms with Crippen LogP contribution in [0, 0.1) is 5.82 Å². The summed E-state index contributed by atoms with van der Waals surface area (Å²) in [5.74, 6) is -0.632. The third kappa shape index (κ3) is 3.53. The van der Waals surface area contributed by atoms with Crippen molar-refractivity contribution in [1.29, 1.82) is 0 Å². The van der Waals surface area contributed by atoms with Crippen molar-refractivity contribution in [2.45, 2.75) is 32.4 Å². The number of hydrogen-bond donors (Lipinski definition) is 1. The summed E-state index contributed by atoms with van der Waals surface area (Å²) in [4.78, 5) is 11.5. The lowest BCUT2D eigenvalue weighted by molar-refractivity contribution is -0.147. The normalized spacial score (nSPS) is 13.2. The molecule has 0 aromatic heterocycles. The van der Waals surface area contributed by atoms with Crippen molar-refractivity contribution in [3.8, 4) is 0 Å². The van der Waals surface area contributed by atoms with Crippen LogP contribution in [0.4, 0.5) is 4.39 Å². The van der Waals surface area contributed by atoms with Crippen molar-refractivity contribution in [3.05, 3.63) is 35.6 Å². The highest BCUT2D eigenvalue weighted by Crippen LogP contribution is 2.18. The summed E-state index contributed by atoms with van der Waals surface area (Å²) in [5.41, 5.74) is -0.0116. The highest BCUT2D eigenvalue weighted by Gasteiger charge is 2.30. The second-order valence-corrected chi connectivity index (χ2v) is 4.54. The van der Waals surface area contributed by atoms with Gasteiger partial charge in [-0.1, -0.05) is 12.1 Å². The van der Waals surface area contributed by atoms with Crippen LogP contribution in [-0.2, 0) is 9.53 Å². The number of benzene rings is 1. The van der Waals surface area contributed by atoms with E-state index in [0.717, 1.165) is 5.56 Å². The summed E-state index contributed by atoms with van der Waals surface area (Å²) in [7, 11) is 1.35. The van der Waals surface area contributed by atoms with Gasteiger partial charge in [0.2, 0.25) is 0 Å². The van der Waals surface area contributed by atoms with Crippen LogP contribution >= 0.6 is 0 Å². The van der Waals surface area contributed by atoms with E-state index in [1.807, 2.05) is 13.0 Å². The number of esters is 1. The van der Waals surface area contributed by atoms with E-state index >= 15 is 0 Å². The summed E-state index contributed by atoms with van der Waals surface area (Å²) < 4.78 is 17.8. The van der Waals surface area contributed by atoms with Crippen LogP contribution < -0.4 is 5.32 Å². The van der Waals surface area contributed by atoms with Crippen molar-refractivity contribution in [2.75, 3.05) is 7.11 Å². The first-order valence-electron chi connectivity index (χ1n) is 5.48. The Morgan fingerprint density at radius 3 is 2.65 bits per heavy atom. The van der Waals surface area contributed by atoms with Gasteiger partial charge in [0, 0.05) is 6.04 Å². The Morgan fingerprint density at radius 2 is 2.12 bits per heavy atom. The summed E-state index contributed by atoms with van der Waals surface area (Å²) in [6.45, 7) is 5.34. The summed E-state index contributed by atoms with van der Waals surface area (Å²) in [5, 5.41) is 3.11. The summed E-state index contributed by atoms with van der Waals surface area (Å²) in [6.07, 6.45) is 0. The van der Waals surface area contributed by atoms with E-state index in [-0.39, 0.29) is 17.8 Å². The van der Waals surface area contributed by atoms with Gasteiger partial charge in [-0.15, -0.1) is 0 Å². The molecule has 17 heavy (non-hydrogen) atoms. The molecule has 1 aromatic carbocycles. The Bertz CT molecular complexity index is 404. The maximum absolute atomic E-state index is 13.1. The van der Waals surface area contributed by atoms with Crippen molar-refractivity contribution in [3.63, 3.8) is 0 Å². The average Bonchev–Trinajstić information content (AvgIpc) is 2.27. The van der Waals surface area contributed by atoms with Gasteiger partial charge in [0.05, 0.1) is 7.11 Å². The van der Waals surface area contributed by atoms with E-state index < -0.39 is 5.54 Å². The summed E-state index contributed by atoms with van der Waals surface area (Å²) >= 11 is 0. The minimum atomic E-state index is -0.805. The lowest BCUT2D eigenvalue weighted by Crippen LogP contribution is -2.48. The van der Waals surface area contributed by atoms with Crippen molar-refractivity contribution in [2.24, 2.45) is 0 Å². The molecule has 0 fully saturated rings. The smallest absolute Gasteiger partial charge is 0.325 e. The molecule has 3 nitrogen and oxygen atoms in total. The SMILES string of the molecule is COC(=O)C(C)(C)NC(C)c1cccc(F)c1. The number of hydrogen-bond acceptors (Lipinski definition) is 3. The van der Waals surface area contributed by atoms with Gasteiger partial charge in [-0.2, -0.15) is 0 Å². The number of halogens is 1.